The van der Waals surface area contributed by atoms with E-state index in [1.165, 1.54) is 19.3 Å². The van der Waals surface area contributed by atoms with E-state index in [2.05, 4.69) is 39.9 Å². The molecule has 0 amide bonds. The second-order valence-corrected chi connectivity index (χ2v) is 6.12. The van der Waals surface area contributed by atoms with E-state index in [1.54, 1.807) is 6.33 Å². The van der Waals surface area contributed by atoms with E-state index >= 15 is 0 Å². The predicted octanol–water partition coefficient (Wildman–Crippen LogP) is 2.83. The molecule has 4 atom stereocenters. The molecule has 0 aromatic carbocycles. The monoisotopic (exact) mass is 256 g/mol. The molecule has 0 aliphatic heterocycles. The highest BCUT2D eigenvalue weighted by molar-refractivity contribution is 5.87. The normalized spacial score (nSPS) is 30.3. The third kappa shape index (κ3) is 1.58. The SMILES string of the molecule is CC(C1[C@H]2CCC[C@@H]12)N(C)c1ncnc2[nH]ccc12. The standard InChI is InChI=1S/C15H20N4/c1-9(13-10-4-3-5-11(10)13)19(2)15-12-6-7-16-14(12)17-8-18-15/h6-11,13H,3-5H2,1-2H3,(H,16,17,18)/t9?,10-,11+,13?. The minimum atomic E-state index is 0.572. The molecule has 0 saturated heterocycles. The number of nitrogens with one attached hydrogen (secondary N) is 1. The molecular weight excluding hydrogens is 236 g/mol. The van der Waals surface area contributed by atoms with E-state index in [1.807, 2.05) is 6.20 Å². The lowest BCUT2D eigenvalue weighted by Gasteiger charge is -2.27. The molecule has 2 aromatic rings. The summed E-state index contributed by atoms with van der Waals surface area (Å²) in [6.07, 6.45) is 7.92. The van der Waals surface area contributed by atoms with Crippen LogP contribution in [-0.2, 0) is 0 Å². The zero-order valence-electron chi connectivity index (χ0n) is 11.5. The molecule has 1 N–H and O–H groups in total. The van der Waals surface area contributed by atoms with Crippen molar-refractivity contribution < 1.29 is 0 Å². The maximum Gasteiger partial charge on any atom is 0.142 e. The van der Waals surface area contributed by atoms with Gasteiger partial charge in [0.1, 0.15) is 17.8 Å². The van der Waals surface area contributed by atoms with Crippen molar-refractivity contribution in [2.24, 2.45) is 17.8 Å². The van der Waals surface area contributed by atoms with Gasteiger partial charge in [0.25, 0.3) is 0 Å². The fraction of sp³-hybridized carbons (Fsp3) is 0.600. The van der Waals surface area contributed by atoms with E-state index in [0.29, 0.717) is 6.04 Å². The lowest BCUT2D eigenvalue weighted by atomic mass is 10.0. The van der Waals surface area contributed by atoms with E-state index in [9.17, 15) is 0 Å². The molecule has 2 fully saturated rings. The van der Waals surface area contributed by atoms with Crippen molar-refractivity contribution in [2.45, 2.75) is 32.2 Å². The number of nitrogens with zero attached hydrogens (tertiary/aromatic N) is 3. The average Bonchev–Trinajstić information content (AvgIpc) is 2.87. The smallest absolute Gasteiger partial charge is 0.142 e. The summed E-state index contributed by atoms with van der Waals surface area (Å²) in [7, 11) is 2.17. The van der Waals surface area contributed by atoms with E-state index in [0.717, 1.165) is 34.6 Å². The largest absolute Gasteiger partial charge is 0.356 e. The fourth-order valence-electron chi connectivity index (χ4n) is 4.18. The quantitative estimate of drug-likeness (QED) is 0.918. The number of hydrogen-bond donors (Lipinski definition) is 1. The molecule has 100 valence electrons. The third-order valence-electron chi connectivity index (χ3n) is 5.31. The van der Waals surface area contributed by atoms with Crippen LogP contribution in [0.4, 0.5) is 5.82 Å². The van der Waals surface area contributed by atoms with Gasteiger partial charge in [-0.05, 0) is 43.6 Å². The zero-order valence-corrected chi connectivity index (χ0v) is 11.5. The van der Waals surface area contributed by atoms with Gasteiger partial charge in [0.2, 0.25) is 0 Å². The first-order chi connectivity index (χ1) is 9.27. The number of anilines is 1. The highest BCUT2D eigenvalue weighted by Gasteiger charge is 2.55. The molecule has 2 heterocycles. The molecule has 4 rings (SSSR count). The second kappa shape index (κ2) is 3.95. The number of fused-ring (bicyclic) bond motifs is 2. The maximum absolute atomic E-state index is 4.50. The van der Waals surface area contributed by atoms with Crippen LogP contribution in [0.25, 0.3) is 11.0 Å². The van der Waals surface area contributed by atoms with Gasteiger partial charge >= 0.3 is 0 Å². The van der Waals surface area contributed by atoms with Gasteiger partial charge in [-0.2, -0.15) is 0 Å². The van der Waals surface area contributed by atoms with Crippen molar-refractivity contribution in [3.8, 4) is 0 Å². The van der Waals surface area contributed by atoms with Gasteiger partial charge in [0.05, 0.1) is 5.39 Å². The van der Waals surface area contributed by atoms with Crippen LogP contribution in [0.2, 0.25) is 0 Å². The first-order valence-corrected chi connectivity index (χ1v) is 7.28. The Kier molecular flexibility index (Phi) is 2.34. The third-order valence-corrected chi connectivity index (χ3v) is 5.31. The van der Waals surface area contributed by atoms with E-state index < -0.39 is 0 Å². The Bertz CT molecular complexity index is 595. The number of aromatic nitrogens is 3. The summed E-state index contributed by atoms with van der Waals surface area (Å²) >= 11 is 0. The molecule has 19 heavy (non-hydrogen) atoms. The summed E-state index contributed by atoms with van der Waals surface area (Å²) < 4.78 is 0. The molecule has 0 bridgehead atoms. The van der Waals surface area contributed by atoms with Gasteiger partial charge in [0.15, 0.2) is 0 Å². The van der Waals surface area contributed by atoms with Crippen molar-refractivity contribution in [3.05, 3.63) is 18.6 Å². The minimum Gasteiger partial charge on any atom is -0.356 e. The lowest BCUT2D eigenvalue weighted by Crippen LogP contribution is -2.33. The molecule has 0 spiro atoms. The summed E-state index contributed by atoms with van der Waals surface area (Å²) in [6.45, 7) is 2.35. The van der Waals surface area contributed by atoms with Crippen molar-refractivity contribution in [3.63, 3.8) is 0 Å². The van der Waals surface area contributed by atoms with Crippen LogP contribution < -0.4 is 4.90 Å². The first-order valence-electron chi connectivity index (χ1n) is 7.28. The Balaban J connectivity index is 1.63. The van der Waals surface area contributed by atoms with E-state index in [-0.39, 0.29) is 0 Å². The Morgan fingerprint density at radius 3 is 2.89 bits per heavy atom. The van der Waals surface area contributed by atoms with Gasteiger partial charge in [-0.1, -0.05) is 6.42 Å². The van der Waals surface area contributed by atoms with Crippen LogP contribution in [0.3, 0.4) is 0 Å². The van der Waals surface area contributed by atoms with Gasteiger partial charge < -0.3 is 9.88 Å². The van der Waals surface area contributed by atoms with Crippen LogP contribution >= 0.6 is 0 Å². The number of aromatic amines is 1. The number of H-pyrrole nitrogens is 1. The van der Waals surface area contributed by atoms with Gasteiger partial charge in [-0.3, -0.25) is 0 Å². The summed E-state index contributed by atoms with van der Waals surface area (Å²) in [6, 6.07) is 2.64. The Morgan fingerprint density at radius 2 is 2.11 bits per heavy atom. The molecule has 4 heteroatoms. The second-order valence-electron chi connectivity index (χ2n) is 6.12. The molecule has 2 aromatic heterocycles. The minimum absolute atomic E-state index is 0.572. The Labute approximate surface area is 113 Å². The Hall–Kier alpha value is -1.58. The number of hydrogen-bond acceptors (Lipinski definition) is 3. The van der Waals surface area contributed by atoms with Crippen molar-refractivity contribution in [2.75, 3.05) is 11.9 Å². The van der Waals surface area contributed by atoms with Gasteiger partial charge in [-0.25, -0.2) is 9.97 Å². The summed E-state index contributed by atoms with van der Waals surface area (Å²) in [5, 5.41) is 1.13. The topological polar surface area (TPSA) is 44.8 Å². The highest BCUT2D eigenvalue weighted by atomic mass is 15.2. The highest BCUT2D eigenvalue weighted by Crippen LogP contribution is 2.59. The molecular formula is C15H20N4. The molecule has 0 radical (unpaired) electrons. The summed E-state index contributed by atoms with van der Waals surface area (Å²) in [5.41, 5.74) is 0.931. The van der Waals surface area contributed by atoms with Crippen LogP contribution in [0, 0.1) is 17.8 Å². The zero-order chi connectivity index (χ0) is 13.0. The van der Waals surface area contributed by atoms with Crippen LogP contribution in [0.1, 0.15) is 26.2 Å². The van der Waals surface area contributed by atoms with Gasteiger partial charge in [-0.15, -0.1) is 0 Å². The summed E-state index contributed by atoms with van der Waals surface area (Å²) in [4.78, 5) is 14.3. The maximum atomic E-state index is 4.50. The Morgan fingerprint density at radius 1 is 1.32 bits per heavy atom. The first kappa shape index (κ1) is 11.3. The predicted molar refractivity (Wildman–Crippen MR) is 76.1 cm³/mol. The van der Waals surface area contributed by atoms with Crippen LogP contribution in [-0.4, -0.2) is 28.0 Å². The number of rotatable bonds is 3. The lowest BCUT2D eigenvalue weighted by molar-refractivity contribution is 0.494. The van der Waals surface area contributed by atoms with Crippen molar-refractivity contribution in [1.29, 1.82) is 0 Å². The molecule has 2 aliphatic rings. The van der Waals surface area contributed by atoms with Crippen LogP contribution in [0.15, 0.2) is 18.6 Å². The van der Waals surface area contributed by atoms with Crippen molar-refractivity contribution in [1.82, 2.24) is 15.0 Å². The fourth-order valence-corrected chi connectivity index (χ4v) is 4.18. The molecule has 2 saturated carbocycles. The molecule has 4 nitrogen and oxygen atoms in total. The van der Waals surface area contributed by atoms with Crippen LogP contribution in [0.5, 0.6) is 0 Å². The molecule has 2 unspecified atom stereocenters. The van der Waals surface area contributed by atoms with E-state index in [4.69, 9.17) is 0 Å². The van der Waals surface area contributed by atoms with Gasteiger partial charge in [0, 0.05) is 19.3 Å². The average molecular weight is 256 g/mol. The van der Waals surface area contributed by atoms with Crippen molar-refractivity contribution >= 4 is 16.9 Å². The summed E-state index contributed by atoms with van der Waals surface area (Å²) in [5.74, 6) is 3.91. The molecule has 2 aliphatic carbocycles.